The van der Waals surface area contributed by atoms with E-state index >= 15 is 4.79 Å². The Bertz CT molecular complexity index is 2170. The third kappa shape index (κ3) is 5.03. The molecule has 1 saturated carbocycles. The Kier molecular flexibility index (Phi) is 9.38. The maximum Gasteiger partial charge on any atom is 0.322 e. The zero-order valence-electron chi connectivity index (χ0n) is 34.4. The molecule has 5 aliphatic heterocycles. The number of aromatic nitrogens is 1. The van der Waals surface area contributed by atoms with E-state index in [1.165, 1.54) is 7.11 Å². The van der Waals surface area contributed by atoms with Crippen LogP contribution in [0.3, 0.4) is 0 Å². The van der Waals surface area contributed by atoms with Crippen molar-refractivity contribution in [2.75, 3.05) is 72.0 Å². The number of esters is 1. The van der Waals surface area contributed by atoms with Crippen LogP contribution in [0.15, 0.2) is 48.6 Å². The number of hydrogen-bond donors (Lipinski definition) is 6. The van der Waals surface area contributed by atoms with Gasteiger partial charge in [-0.15, -0.1) is 0 Å². The molecule has 3 fully saturated rings. The molecule has 3 aromatic rings. The number of methoxy groups -OCH3 is 2. The summed E-state index contributed by atoms with van der Waals surface area (Å²) in [4.78, 5) is 40.1. The Morgan fingerprint density at radius 2 is 1.83 bits per heavy atom. The number of nitrogens with zero attached hydrogens (tertiary/aromatic N) is 3. The van der Waals surface area contributed by atoms with E-state index < -0.39 is 51.5 Å². The van der Waals surface area contributed by atoms with Gasteiger partial charge < -0.3 is 45.1 Å². The van der Waals surface area contributed by atoms with Crippen LogP contribution in [0.1, 0.15) is 68.3 Å². The molecule has 6 N–H and O–H groups in total. The number of aliphatic hydroxyl groups excluding tert-OH is 2. The number of nitrogens with one attached hydrogen (secondary N) is 2. The standard InChI is InChI=1S/C45H59N5O8/c1-6-41(55)23-27-24-44(40(54)58-5,35-29(13-18-49(25-27)26-41)28-11-8-9-12-32(28)47-35)31-21-30-33(22-34(31)57-4)48(3)37-43(30)15-19-50-17-10-14-42(7-2,36(43)50)38(52)45(37,56)39(53)46-16-20-51/h8-12,14,21-22,27,36-38,47,51-52,55-56H,6-7,13,15-20,23-26H2,1-5H3,(H,46,53)/t27-,36?,37?,38-,41?,42-,43-,44+,45+/m1/s1. The highest BCUT2D eigenvalue weighted by atomic mass is 16.5. The van der Waals surface area contributed by atoms with Crippen molar-refractivity contribution in [1.29, 1.82) is 0 Å². The second-order valence-corrected chi connectivity index (χ2v) is 18.1. The zero-order valence-corrected chi connectivity index (χ0v) is 34.4. The van der Waals surface area contributed by atoms with Gasteiger partial charge in [0.05, 0.1) is 32.5 Å². The highest BCUT2D eigenvalue weighted by Gasteiger charge is 2.78. The number of aliphatic hydroxyl groups is 4. The van der Waals surface area contributed by atoms with Crippen LogP contribution in [0.5, 0.6) is 5.75 Å². The molecule has 2 bridgehead atoms. The first-order chi connectivity index (χ1) is 27.8. The van der Waals surface area contributed by atoms with Crippen molar-refractivity contribution in [1.82, 2.24) is 20.1 Å². The first-order valence-corrected chi connectivity index (χ1v) is 21.1. The number of carbonyl (C=O) groups excluding carboxylic acids is 2. The molecule has 9 rings (SSSR count). The minimum Gasteiger partial charge on any atom is -0.496 e. The number of fused-ring (bicyclic) bond motifs is 6. The maximum atomic E-state index is 15.3. The molecule has 312 valence electrons. The SMILES string of the molecule is CCC1(O)C[C@H]2CN(CCc3c([nH]c4ccccc34)[C@@](C(=O)OC)(c3cc4c(cc3OC)N(C)C3[C@]45CCN4CC=C[C@](CC)(C45)[C@@H](O)[C@]3(O)C(=O)NCCO)C2)C1. The lowest BCUT2D eigenvalue weighted by molar-refractivity contribution is -0.203. The fraction of sp³-hybridized carbons (Fsp3) is 0.600. The molecule has 10 atom stereocenters. The number of para-hydroxylation sites is 1. The number of benzene rings is 2. The normalized spacial score (nSPS) is 37.5. The smallest absolute Gasteiger partial charge is 0.322 e. The average molecular weight is 798 g/mol. The maximum absolute atomic E-state index is 15.3. The molecule has 2 saturated heterocycles. The van der Waals surface area contributed by atoms with Crippen LogP contribution in [0.25, 0.3) is 10.9 Å². The van der Waals surface area contributed by atoms with E-state index in [9.17, 15) is 25.2 Å². The number of carbonyl (C=O) groups is 2. The lowest BCUT2D eigenvalue weighted by Gasteiger charge is -2.63. The number of aromatic amines is 1. The average Bonchev–Trinajstić information content (AvgIpc) is 3.89. The number of rotatable bonds is 8. The number of piperidine rings is 1. The molecule has 0 radical (unpaired) electrons. The Labute approximate surface area is 340 Å². The summed E-state index contributed by atoms with van der Waals surface area (Å²) in [5, 5.41) is 51.2. The number of likely N-dealkylation sites (N-methyl/N-ethyl adjacent to an activating group) is 1. The van der Waals surface area contributed by atoms with Crippen molar-refractivity contribution in [2.24, 2.45) is 11.3 Å². The van der Waals surface area contributed by atoms with Crippen LogP contribution in [0.4, 0.5) is 5.69 Å². The molecular formula is C45H59N5O8. The molecule has 1 aromatic heterocycles. The largest absolute Gasteiger partial charge is 0.496 e. The van der Waals surface area contributed by atoms with Crippen molar-refractivity contribution < 1.29 is 39.5 Å². The second-order valence-electron chi connectivity index (χ2n) is 18.1. The van der Waals surface area contributed by atoms with Crippen LogP contribution >= 0.6 is 0 Å². The van der Waals surface area contributed by atoms with Crippen LogP contribution in [-0.2, 0) is 31.6 Å². The van der Waals surface area contributed by atoms with E-state index in [0.29, 0.717) is 82.6 Å². The Morgan fingerprint density at radius 3 is 2.55 bits per heavy atom. The van der Waals surface area contributed by atoms with Crippen molar-refractivity contribution >= 4 is 28.5 Å². The summed E-state index contributed by atoms with van der Waals surface area (Å²) in [5.74, 6) is -0.801. The van der Waals surface area contributed by atoms with Gasteiger partial charge in [0.2, 0.25) is 0 Å². The van der Waals surface area contributed by atoms with E-state index in [1.54, 1.807) is 7.11 Å². The molecule has 1 amide bonds. The highest BCUT2D eigenvalue weighted by molar-refractivity contribution is 5.95. The third-order valence-electron chi connectivity index (χ3n) is 15.6. The molecular weight excluding hydrogens is 739 g/mol. The minimum absolute atomic E-state index is 0.0764. The quantitative estimate of drug-likeness (QED) is 0.146. The molecule has 2 aromatic carbocycles. The third-order valence-corrected chi connectivity index (χ3v) is 15.6. The van der Waals surface area contributed by atoms with Gasteiger partial charge in [0.1, 0.15) is 17.3 Å². The summed E-state index contributed by atoms with van der Waals surface area (Å²) in [6, 6.07) is 11.0. The van der Waals surface area contributed by atoms with E-state index in [4.69, 9.17) is 9.47 Å². The van der Waals surface area contributed by atoms with E-state index in [0.717, 1.165) is 33.4 Å². The number of amides is 1. The summed E-state index contributed by atoms with van der Waals surface area (Å²) in [6.45, 7) is 6.94. The van der Waals surface area contributed by atoms with Gasteiger partial charge in [0, 0.05) is 90.6 Å². The van der Waals surface area contributed by atoms with Gasteiger partial charge in [-0.2, -0.15) is 0 Å². The predicted octanol–water partition coefficient (Wildman–Crippen LogP) is 2.36. The van der Waals surface area contributed by atoms with Crippen LogP contribution in [0.2, 0.25) is 0 Å². The first kappa shape index (κ1) is 39.5. The van der Waals surface area contributed by atoms with Gasteiger partial charge in [-0.1, -0.05) is 44.2 Å². The first-order valence-electron chi connectivity index (χ1n) is 21.1. The van der Waals surface area contributed by atoms with Gasteiger partial charge in [-0.05, 0) is 74.2 Å². The van der Waals surface area contributed by atoms with Crippen molar-refractivity contribution in [2.45, 2.75) is 92.6 Å². The van der Waals surface area contributed by atoms with E-state index in [-0.39, 0.29) is 25.1 Å². The van der Waals surface area contributed by atoms with Gasteiger partial charge in [0.15, 0.2) is 5.60 Å². The fourth-order valence-corrected chi connectivity index (χ4v) is 13.3. The summed E-state index contributed by atoms with van der Waals surface area (Å²) < 4.78 is 12.3. The number of anilines is 1. The molecule has 1 spiro atoms. The van der Waals surface area contributed by atoms with Crippen LogP contribution in [0, 0.1) is 11.3 Å². The lowest BCUT2D eigenvalue weighted by atomic mass is 9.47. The van der Waals surface area contributed by atoms with Crippen molar-refractivity contribution in [3.63, 3.8) is 0 Å². The molecule has 13 heteroatoms. The van der Waals surface area contributed by atoms with E-state index in [2.05, 4.69) is 32.2 Å². The van der Waals surface area contributed by atoms with Gasteiger partial charge in [-0.3, -0.25) is 19.4 Å². The highest BCUT2D eigenvalue weighted by Crippen LogP contribution is 2.67. The van der Waals surface area contributed by atoms with E-state index in [1.807, 2.05) is 62.2 Å². The predicted molar refractivity (Wildman–Crippen MR) is 219 cm³/mol. The monoisotopic (exact) mass is 797 g/mol. The number of ether oxygens (including phenoxy) is 2. The summed E-state index contributed by atoms with van der Waals surface area (Å²) in [7, 11) is 4.90. The molecule has 1 aliphatic carbocycles. The van der Waals surface area contributed by atoms with Gasteiger partial charge >= 0.3 is 5.97 Å². The lowest BCUT2D eigenvalue weighted by Crippen LogP contribution is -2.81. The molecule has 6 heterocycles. The van der Waals surface area contributed by atoms with Gasteiger partial charge in [0.25, 0.3) is 5.91 Å². The van der Waals surface area contributed by atoms with Gasteiger partial charge in [-0.25, -0.2) is 0 Å². The van der Waals surface area contributed by atoms with Crippen molar-refractivity contribution in [3.05, 3.63) is 70.9 Å². The number of H-pyrrole nitrogens is 1. The zero-order chi connectivity index (χ0) is 41.0. The molecule has 58 heavy (non-hydrogen) atoms. The number of hydrogen-bond acceptors (Lipinski definition) is 11. The van der Waals surface area contributed by atoms with Crippen LogP contribution in [-0.4, -0.2) is 144 Å². The Morgan fingerprint density at radius 1 is 1.03 bits per heavy atom. The minimum atomic E-state index is -2.29. The van der Waals surface area contributed by atoms with Crippen LogP contribution < -0.4 is 15.0 Å². The molecule has 6 aliphatic rings. The summed E-state index contributed by atoms with van der Waals surface area (Å²) >= 11 is 0. The summed E-state index contributed by atoms with van der Waals surface area (Å²) in [6.07, 6.45) is 5.71. The van der Waals surface area contributed by atoms with Crippen molar-refractivity contribution in [3.8, 4) is 5.75 Å². The molecule has 13 nitrogen and oxygen atoms in total. The summed E-state index contributed by atoms with van der Waals surface area (Å²) in [5.41, 5.74) is -1.57. The second kappa shape index (κ2) is 13.8. The Hall–Kier alpha value is -3.98. The topological polar surface area (TPSA) is 171 Å². The Balaban J connectivity index is 1.35. The molecule has 4 unspecified atom stereocenters. The fourth-order valence-electron chi connectivity index (χ4n) is 13.3.